The molecule has 26 heavy (non-hydrogen) atoms. The summed E-state index contributed by atoms with van der Waals surface area (Å²) >= 11 is 0. The molecule has 0 saturated heterocycles. The number of hydrogen-bond donors (Lipinski definition) is 0. The van der Waals surface area contributed by atoms with Gasteiger partial charge in [-0.1, -0.05) is 97.1 Å². The van der Waals surface area contributed by atoms with Gasteiger partial charge < -0.3 is 0 Å². The SMILES string of the molecule is C1=C(c2ccccc2)CCN(CC(c2ccccc2)c2ccccc2)C1. The highest BCUT2D eigenvalue weighted by atomic mass is 15.1. The quantitative estimate of drug-likeness (QED) is 0.584. The third kappa shape index (κ3) is 3.95. The van der Waals surface area contributed by atoms with Crippen LogP contribution < -0.4 is 0 Å². The van der Waals surface area contributed by atoms with E-state index < -0.39 is 0 Å². The summed E-state index contributed by atoms with van der Waals surface area (Å²) < 4.78 is 0. The van der Waals surface area contributed by atoms with Crippen LogP contribution in [0.3, 0.4) is 0 Å². The van der Waals surface area contributed by atoms with Crippen molar-refractivity contribution in [3.63, 3.8) is 0 Å². The van der Waals surface area contributed by atoms with Gasteiger partial charge in [0.2, 0.25) is 0 Å². The maximum atomic E-state index is 2.58. The molecule has 0 spiro atoms. The van der Waals surface area contributed by atoms with Crippen molar-refractivity contribution in [2.75, 3.05) is 19.6 Å². The van der Waals surface area contributed by atoms with Crippen LogP contribution in [0.2, 0.25) is 0 Å². The first-order valence-corrected chi connectivity index (χ1v) is 9.47. The molecule has 0 unspecified atom stereocenters. The third-order valence-electron chi connectivity index (χ3n) is 5.28. The molecular weight excluding hydrogens is 314 g/mol. The second-order valence-electron chi connectivity index (χ2n) is 6.98. The lowest BCUT2D eigenvalue weighted by molar-refractivity contribution is 0.292. The molecule has 1 heterocycles. The Morgan fingerprint density at radius 1 is 0.692 bits per heavy atom. The van der Waals surface area contributed by atoms with Gasteiger partial charge in [-0.2, -0.15) is 0 Å². The topological polar surface area (TPSA) is 3.24 Å². The molecule has 0 atom stereocenters. The summed E-state index contributed by atoms with van der Waals surface area (Å²) in [5, 5.41) is 0. The van der Waals surface area contributed by atoms with E-state index >= 15 is 0 Å². The van der Waals surface area contributed by atoms with Gasteiger partial charge in [-0.05, 0) is 28.7 Å². The Bertz CT molecular complexity index is 798. The highest BCUT2D eigenvalue weighted by Crippen LogP contribution is 2.28. The van der Waals surface area contributed by atoms with Gasteiger partial charge in [-0.25, -0.2) is 0 Å². The monoisotopic (exact) mass is 339 g/mol. The molecule has 0 aliphatic carbocycles. The first-order chi connectivity index (χ1) is 12.9. The molecule has 3 aromatic carbocycles. The molecule has 0 saturated carbocycles. The predicted octanol–water partition coefficient (Wildman–Crippen LogP) is 5.61. The zero-order chi connectivity index (χ0) is 17.6. The van der Waals surface area contributed by atoms with Crippen LogP contribution in [0, 0.1) is 0 Å². The Balaban J connectivity index is 1.52. The second-order valence-corrected chi connectivity index (χ2v) is 6.98. The van der Waals surface area contributed by atoms with E-state index in [1.807, 2.05) is 0 Å². The normalized spacial score (nSPS) is 15.0. The van der Waals surface area contributed by atoms with E-state index in [4.69, 9.17) is 0 Å². The lowest BCUT2D eigenvalue weighted by atomic mass is 9.90. The van der Waals surface area contributed by atoms with Gasteiger partial charge in [0.1, 0.15) is 0 Å². The van der Waals surface area contributed by atoms with E-state index in [0.29, 0.717) is 5.92 Å². The molecule has 0 radical (unpaired) electrons. The molecule has 3 aromatic rings. The lowest BCUT2D eigenvalue weighted by Gasteiger charge is -2.31. The average Bonchev–Trinajstić information content (AvgIpc) is 2.74. The number of benzene rings is 3. The highest BCUT2D eigenvalue weighted by molar-refractivity contribution is 5.66. The van der Waals surface area contributed by atoms with Crippen LogP contribution in [0.5, 0.6) is 0 Å². The van der Waals surface area contributed by atoms with Crippen LogP contribution in [-0.2, 0) is 0 Å². The van der Waals surface area contributed by atoms with Crippen LogP contribution in [0.1, 0.15) is 29.0 Å². The lowest BCUT2D eigenvalue weighted by Crippen LogP contribution is -2.33. The molecule has 0 bridgehead atoms. The van der Waals surface area contributed by atoms with Crippen molar-refractivity contribution in [1.29, 1.82) is 0 Å². The molecule has 1 aliphatic rings. The third-order valence-corrected chi connectivity index (χ3v) is 5.28. The number of hydrogen-bond acceptors (Lipinski definition) is 1. The van der Waals surface area contributed by atoms with Gasteiger partial charge in [0.25, 0.3) is 0 Å². The van der Waals surface area contributed by atoms with Crippen molar-refractivity contribution >= 4 is 5.57 Å². The van der Waals surface area contributed by atoms with Crippen molar-refractivity contribution in [1.82, 2.24) is 4.90 Å². The Kier molecular flexibility index (Phi) is 5.27. The van der Waals surface area contributed by atoms with Gasteiger partial charge in [0.15, 0.2) is 0 Å². The molecule has 1 heteroatoms. The van der Waals surface area contributed by atoms with Crippen molar-refractivity contribution in [3.8, 4) is 0 Å². The van der Waals surface area contributed by atoms with Crippen molar-refractivity contribution in [2.24, 2.45) is 0 Å². The fourth-order valence-electron chi connectivity index (χ4n) is 3.82. The largest absolute Gasteiger partial charge is 0.298 e. The first kappa shape index (κ1) is 16.8. The average molecular weight is 339 g/mol. The minimum absolute atomic E-state index is 0.420. The van der Waals surface area contributed by atoms with Crippen molar-refractivity contribution in [3.05, 3.63) is 114 Å². The van der Waals surface area contributed by atoms with Gasteiger partial charge in [-0.15, -0.1) is 0 Å². The molecule has 0 N–H and O–H groups in total. The smallest absolute Gasteiger partial charge is 0.0217 e. The standard InChI is InChI=1S/C25H25N/c1-4-10-21(11-5-1)22-16-18-26(19-17-22)20-25(23-12-6-2-7-13-23)24-14-8-3-9-15-24/h1-16,25H,17-20H2. The van der Waals surface area contributed by atoms with Crippen LogP contribution in [0.15, 0.2) is 97.1 Å². The van der Waals surface area contributed by atoms with Gasteiger partial charge in [-0.3, -0.25) is 4.90 Å². The summed E-state index contributed by atoms with van der Waals surface area (Å²) in [5.74, 6) is 0.420. The molecule has 4 rings (SSSR count). The van der Waals surface area contributed by atoms with Gasteiger partial charge in [0, 0.05) is 25.6 Å². The number of nitrogens with zero attached hydrogens (tertiary/aromatic N) is 1. The van der Waals surface area contributed by atoms with E-state index in [1.54, 1.807) is 0 Å². The predicted molar refractivity (Wildman–Crippen MR) is 110 cm³/mol. The molecule has 0 aromatic heterocycles. The zero-order valence-corrected chi connectivity index (χ0v) is 15.1. The first-order valence-electron chi connectivity index (χ1n) is 9.47. The van der Waals surface area contributed by atoms with E-state index in [-0.39, 0.29) is 0 Å². The van der Waals surface area contributed by atoms with Crippen LogP contribution in [-0.4, -0.2) is 24.5 Å². The fraction of sp³-hybridized carbons (Fsp3) is 0.200. The highest BCUT2D eigenvalue weighted by Gasteiger charge is 2.20. The Hall–Kier alpha value is -2.64. The maximum Gasteiger partial charge on any atom is 0.0217 e. The second kappa shape index (κ2) is 8.16. The molecule has 130 valence electrons. The van der Waals surface area contributed by atoms with Crippen molar-refractivity contribution in [2.45, 2.75) is 12.3 Å². The van der Waals surface area contributed by atoms with Crippen LogP contribution in [0.4, 0.5) is 0 Å². The van der Waals surface area contributed by atoms with E-state index in [9.17, 15) is 0 Å². The Morgan fingerprint density at radius 2 is 1.23 bits per heavy atom. The summed E-state index contributed by atoms with van der Waals surface area (Å²) in [6, 6.07) is 32.6. The van der Waals surface area contributed by atoms with E-state index in [1.165, 1.54) is 22.3 Å². The summed E-state index contributed by atoms with van der Waals surface area (Å²) in [6.45, 7) is 3.21. The summed E-state index contributed by atoms with van der Waals surface area (Å²) in [4.78, 5) is 2.58. The van der Waals surface area contributed by atoms with Crippen LogP contribution >= 0.6 is 0 Å². The minimum Gasteiger partial charge on any atom is -0.298 e. The number of rotatable bonds is 5. The Morgan fingerprint density at radius 3 is 1.73 bits per heavy atom. The molecule has 1 nitrogen and oxygen atoms in total. The van der Waals surface area contributed by atoms with Crippen molar-refractivity contribution < 1.29 is 0 Å². The molecule has 0 fully saturated rings. The van der Waals surface area contributed by atoms with E-state index in [0.717, 1.165) is 26.1 Å². The summed E-state index contributed by atoms with van der Waals surface area (Å²) in [6.07, 6.45) is 3.53. The summed E-state index contributed by atoms with van der Waals surface area (Å²) in [7, 11) is 0. The maximum absolute atomic E-state index is 2.58. The van der Waals surface area contributed by atoms with Gasteiger partial charge >= 0.3 is 0 Å². The van der Waals surface area contributed by atoms with Gasteiger partial charge in [0.05, 0.1) is 0 Å². The summed E-state index contributed by atoms with van der Waals surface area (Å²) in [5.41, 5.74) is 5.65. The molecule has 0 amide bonds. The fourth-order valence-corrected chi connectivity index (χ4v) is 3.82. The molecule has 1 aliphatic heterocycles. The minimum atomic E-state index is 0.420. The van der Waals surface area contributed by atoms with E-state index in [2.05, 4.69) is 102 Å². The van der Waals surface area contributed by atoms with Crippen LogP contribution in [0.25, 0.3) is 5.57 Å². The Labute approximate surface area is 156 Å². The molecular formula is C25H25N. The zero-order valence-electron chi connectivity index (χ0n) is 15.1.